The summed E-state index contributed by atoms with van der Waals surface area (Å²) in [5.41, 5.74) is 2.22. The number of rotatable bonds is 13. The number of likely N-dealkylation sites (tertiary alicyclic amines) is 1. The number of aryl methyl sites for hydroxylation is 2. The molecule has 0 aromatic heterocycles. The van der Waals surface area contributed by atoms with Crippen molar-refractivity contribution < 1.29 is 35.9 Å². The van der Waals surface area contributed by atoms with E-state index in [-0.39, 0.29) is 29.9 Å². The molecular formula is C55H66Cl3F6N3O2. The van der Waals surface area contributed by atoms with Crippen LogP contribution in [0.2, 0.25) is 10.0 Å². The summed E-state index contributed by atoms with van der Waals surface area (Å²) in [5.74, 6) is 1.67. The molecule has 4 aromatic rings. The SMILES string of the molecule is C.CC#N.FC(F)(F)c1ccc(CCC2CCCNC2)cc1.O=C(CCl)C1(c2ccc(Cl)cc2)CCC1.O=C(CN1CCCC(CCc2ccc(C(F)(F)F)cc2)C1)C1(c2ccc(Cl)cc2)CCC1. The number of alkyl halides is 7. The topological polar surface area (TPSA) is 73.2 Å². The monoisotopic (exact) mass is 1020 g/mol. The van der Waals surface area contributed by atoms with Crippen molar-refractivity contribution in [2.24, 2.45) is 11.8 Å². The molecule has 14 heteroatoms. The minimum absolute atomic E-state index is 0. The van der Waals surface area contributed by atoms with Crippen LogP contribution in [0, 0.1) is 23.2 Å². The zero-order chi connectivity index (χ0) is 49.4. The first kappa shape index (κ1) is 57.7. The molecule has 1 N–H and O–H groups in total. The van der Waals surface area contributed by atoms with Gasteiger partial charge in [0, 0.05) is 23.5 Å². The van der Waals surface area contributed by atoms with Crippen molar-refractivity contribution in [1.29, 1.82) is 5.26 Å². The Balaban J connectivity index is 0.000000237. The average molecular weight is 1020 g/mol. The van der Waals surface area contributed by atoms with E-state index in [1.165, 1.54) is 31.9 Å². The molecule has 0 spiro atoms. The highest BCUT2D eigenvalue weighted by atomic mass is 35.5. The van der Waals surface area contributed by atoms with Gasteiger partial charge < -0.3 is 5.32 Å². The lowest BCUT2D eigenvalue weighted by atomic mass is 9.61. The Kier molecular flexibility index (Phi) is 22.6. The number of nitriles is 1. The van der Waals surface area contributed by atoms with E-state index in [1.807, 2.05) is 48.5 Å². The van der Waals surface area contributed by atoms with E-state index < -0.39 is 23.5 Å². The summed E-state index contributed by atoms with van der Waals surface area (Å²) in [6, 6.07) is 28.0. The van der Waals surface area contributed by atoms with Crippen LogP contribution in [0.25, 0.3) is 0 Å². The van der Waals surface area contributed by atoms with Gasteiger partial charge >= 0.3 is 12.4 Å². The maximum absolute atomic E-state index is 13.3. The number of nitrogens with zero attached hydrogens (tertiary/aromatic N) is 2. The summed E-state index contributed by atoms with van der Waals surface area (Å²) in [6.45, 7) is 5.85. The number of ketones is 2. The van der Waals surface area contributed by atoms with Crippen LogP contribution in [0.3, 0.4) is 0 Å². The largest absolute Gasteiger partial charge is 0.416 e. The molecule has 4 aromatic carbocycles. The molecule has 2 unspecified atom stereocenters. The number of carbonyl (C=O) groups is 2. The van der Waals surface area contributed by atoms with Crippen molar-refractivity contribution in [3.05, 3.63) is 140 Å². The first-order chi connectivity index (χ1) is 32.4. The molecule has 376 valence electrons. The van der Waals surface area contributed by atoms with Crippen LogP contribution in [-0.4, -0.2) is 55.1 Å². The molecule has 4 fully saturated rings. The third-order valence-corrected chi connectivity index (χ3v) is 14.8. The fourth-order valence-electron chi connectivity index (χ4n) is 9.70. The Hall–Kier alpha value is -3.92. The molecular weight excluding hydrogens is 955 g/mol. The molecule has 0 bridgehead atoms. The summed E-state index contributed by atoms with van der Waals surface area (Å²) >= 11 is 17.5. The van der Waals surface area contributed by atoms with E-state index in [0.717, 1.165) is 138 Å². The van der Waals surface area contributed by atoms with Gasteiger partial charge in [0.2, 0.25) is 0 Å². The average Bonchev–Trinajstić information content (AvgIpc) is 3.29. The van der Waals surface area contributed by atoms with Crippen molar-refractivity contribution in [2.45, 2.75) is 127 Å². The van der Waals surface area contributed by atoms with Gasteiger partial charge in [0.25, 0.3) is 0 Å². The highest BCUT2D eigenvalue weighted by molar-refractivity contribution is 6.31. The molecule has 2 aliphatic carbocycles. The molecule has 2 saturated heterocycles. The van der Waals surface area contributed by atoms with E-state index in [2.05, 4.69) is 10.2 Å². The number of carbonyl (C=O) groups excluding carboxylic acids is 2. The summed E-state index contributed by atoms with van der Waals surface area (Å²) < 4.78 is 75.4. The predicted octanol–water partition coefficient (Wildman–Crippen LogP) is 15.1. The zero-order valence-electron chi connectivity index (χ0n) is 38.6. The Labute approximate surface area is 420 Å². The van der Waals surface area contributed by atoms with Crippen LogP contribution in [-0.2, 0) is 45.6 Å². The first-order valence-electron chi connectivity index (χ1n) is 23.6. The molecule has 2 heterocycles. The Morgan fingerprint density at radius 1 is 0.667 bits per heavy atom. The van der Waals surface area contributed by atoms with Gasteiger partial charge in [-0.3, -0.25) is 14.5 Å². The molecule has 2 atom stereocenters. The lowest BCUT2D eigenvalue weighted by Gasteiger charge is -2.43. The van der Waals surface area contributed by atoms with E-state index in [4.69, 9.17) is 40.1 Å². The Morgan fingerprint density at radius 3 is 1.46 bits per heavy atom. The van der Waals surface area contributed by atoms with Crippen molar-refractivity contribution in [2.75, 3.05) is 38.6 Å². The third-order valence-electron chi connectivity index (χ3n) is 14.0. The van der Waals surface area contributed by atoms with Crippen LogP contribution in [0.4, 0.5) is 26.3 Å². The maximum atomic E-state index is 13.3. The Bertz CT molecular complexity index is 2210. The summed E-state index contributed by atoms with van der Waals surface area (Å²) in [7, 11) is 0. The highest BCUT2D eigenvalue weighted by Gasteiger charge is 2.46. The smallest absolute Gasteiger partial charge is 0.316 e. The maximum Gasteiger partial charge on any atom is 0.416 e. The minimum Gasteiger partial charge on any atom is -0.316 e. The number of hydrogen-bond acceptors (Lipinski definition) is 5. The number of hydrogen-bond donors (Lipinski definition) is 1. The van der Waals surface area contributed by atoms with Gasteiger partial charge in [0.1, 0.15) is 0 Å². The van der Waals surface area contributed by atoms with E-state index >= 15 is 0 Å². The number of Topliss-reactive ketones (excluding diaryl/α,β-unsaturated/α-hetero) is 2. The fourth-order valence-corrected chi connectivity index (χ4v) is 10.2. The molecule has 4 aliphatic rings. The van der Waals surface area contributed by atoms with Gasteiger partial charge in [-0.25, -0.2) is 0 Å². The zero-order valence-corrected chi connectivity index (χ0v) is 40.9. The lowest BCUT2D eigenvalue weighted by molar-refractivity contribution is -0.138. The van der Waals surface area contributed by atoms with E-state index in [9.17, 15) is 35.9 Å². The molecule has 0 amide bonds. The van der Waals surface area contributed by atoms with Crippen LogP contribution in [0.15, 0.2) is 97.1 Å². The summed E-state index contributed by atoms with van der Waals surface area (Å²) in [4.78, 5) is 27.4. The van der Waals surface area contributed by atoms with Gasteiger partial charge in [-0.05, 0) is 179 Å². The van der Waals surface area contributed by atoms with Gasteiger partial charge in [-0.2, -0.15) is 31.6 Å². The number of halogens is 9. The van der Waals surface area contributed by atoms with Crippen molar-refractivity contribution in [1.82, 2.24) is 10.2 Å². The standard InChI is InChI=1S/C26H29ClF3NO.C14H18F3N.C12H12Cl2O.C2H3N.CH4/c27-23-12-10-21(11-13-23)25(14-2-15-25)24(32)18-31-16-1-3-20(17-31)5-4-19-6-8-22(9-7-19)26(28,29)30;15-14(16,17)13-7-5-11(6-8-13)3-4-12-2-1-9-18-10-12;13-8-11(15)12(6-1-7-12)9-2-4-10(14)5-3-9;1-2-3;/h6-13,20H,1-5,14-18H2;5-8,12,18H,1-4,9-10H2;2-5H,1,6-8H2;1H3;1H4. The molecule has 0 radical (unpaired) electrons. The second kappa shape index (κ2) is 27.1. The van der Waals surface area contributed by atoms with Crippen molar-refractivity contribution in [3.63, 3.8) is 0 Å². The predicted molar refractivity (Wildman–Crippen MR) is 267 cm³/mol. The minimum atomic E-state index is -4.29. The summed E-state index contributed by atoms with van der Waals surface area (Å²) in [5, 5.41) is 12.1. The van der Waals surface area contributed by atoms with Crippen LogP contribution < -0.4 is 5.32 Å². The van der Waals surface area contributed by atoms with Gasteiger partial charge in [-0.15, -0.1) is 11.6 Å². The summed E-state index contributed by atoms with van der Waals surface area (Å²) in [6.07, 6.45) is 5.50. The van der Waals surface area contributed by atoms with E-state index in [0.29, 0.717) is 34.2 Å². The molecule has 2 saturated carbocycles. The van der Waals surface area contributed by atoms with Crippen molar-refractivity contribution in [3.8, 4) is 6.07 Å². The van der Waals surface area contributed by atoms with Gasteiger partial charge in [0.15, 0.2) is 11.6 Å². The number of nitrogens with one attached hydrogen (secondary N) is 1. The van der Waals surface area contributed by atoms with Crippen LogP contribution in [0.5, 0.6) is 0 Å². The molecule has 8 rings (SSSR count). The van der Waals surface area contributed by atoms with Crippen LogP contribution in [0.1, 0.15) is 125 Å². The fraction of sp³-hybridized carbons (Fsp3) is 0.509. The number of benzene rings is 4. The Morgan fingerprint density at radius 2 is 1.09 bits per heavy atom. The number of piperidine rings is 2. The second-order valence-electron chi connectivity index (χ2n) is 18.5. The third kappa shape index (κ3) is 16.6. The van der Waals surface area contributed by atoms with Crippen molar-refractivity contribution >= 4 is 46.4 Å². The van der Waals surface area contributed by atoms with Crippen LogP contribution >= 0.6 is 34.8 Å². The first-order valence-corrected chi connectivity index (χ1v) is 24.9. The molecule has 5 nitrogen and oxygen atoms in total. The van der Waals surface area contributed by atoms with E-state index in [1.54, 1.807) is 30.3 Å². The molecule has 69 heavy (non-hydrogen) atoms. The second-order valence-corrected chi connectivity index (χ2v) is 19.7. The van der Waals surface area contributed by atoms with Gasteiger partial charge in [0.05, 0.1) is 40.5 Å². The normalized spacial score (nSPS) is 19.4. The van der Waals surface area contributed by atoms with Gasteiger partial charge in [-0.1, -0.05) is 92.0 Å². The highest BCUT2D eigenvalue weighted by Crippen LogP contribution is 2.46. The quantitative estimate of drug-likeness (QED) is 0.107. The lowest BCUT2D eigenvalue weighted by Crippen LogP contribution is -2.49. The molecule has 2 aliphatic heterocycles.